The summed E-state index contributed by atoms with van der Waals surface area (Å²) in [5, 5.41) is 11.9. The van der Waals surface area contributed by atoms with Crippen molar-refractivity contribution in [3.8, 4) is 0 Å². The fourth-order valence-electron chi connectivity index (χ4n) is 2.40. The Morgan fingerprint density at radius 2 is 1.95 bits per heavy atom. The van der Waals surface area contributed by atoms with Crippen molar-refractivity contribution in [3.63, 3.8) is 0 Å². The molecule has 0 aliphatic heterocycles. The summed E-state index contributed by atoms with van der Waals surface area (Å²) < 4.78 is 0. The summed E-state index contributed by atoms with van der Waals surface area (Å²) in [6.45, 7) is 4.05. The molecule has 1 aliphatic rings. The lowest BCUT2D eigenvalue weighted by Gasteiger charge is -2.15. The van der Waals surface area contributed by atoms with E-state index in [1.807, 2.05) is 44.2 Å². The van der Waals surface area contributed by atoms with Crippen molar-refractivity contribution in [1.82, 2.24) is 5.32 Å². The number of hydrogen-bond donors (Lipinski definition) is 2. The van der Waals surface area contributed by atoms with Gasteiger partial charge in [-0.15, -0.1) is 0 Å². The maximum atomic E-state index is 12.0. The Balaban J connectivity index is 1.88. The van der Waals surface area contributed by atoms with Crippen LogP contribution in [0.2, 0.25) is 0 Å². The van der Waals surface area contributed by atoms with Gasteiger partial charge in [0, 0.05) is 5.92 Å². The Hall–Kier alpha value is -1.84. The molecule has 0 radical (unpaired) electrons. The number of aliphatic carboxylic acids is 1. The van der Waals surface area contributed by atoms with Crippen LogP contribution in [0.1, 0.15) is 32.3 Å². The number of aryl methyl sites for hydroxylation is 1. The van der Waals surface area contributed by atoms with Crippen LogP contribution in [0, 0.1) is 11.3 Å². The van der Waals surface area contributed by atoms with Gasteiger partial charge >= 0.3 is 5.97 Å². The van der Waals surface area contributed by atoms with Crippen LogP contribution >= 0.6 is 0 Å². The predicted molar refractivity (Wildman–Crippen MR) is 76.2 cm³/mol. The van der Waals surface area contributed by atoms with Gasteiger partial charge in [-0.3, -0.25) is 4.79 Å². The third kappa shape index (κ3) is 3.59. The topological polar surface area (TPSA) is 66.4 Å². The van der Waals surface area contributed by atoms with Gasteiger partial charge in [-0.1, -0.05) is 44.2 Å². The molecular formula is C16H21NO3. The van der Waals surface area contributed by atoms with Crippen LogP contribution in [0.3, 0.4) is 0 Å². The van der Waals surface area contributed by atoms with E-state index in [-0.39, 0.29) is 17.2 Å². The number of carbonyl (C=O) groups excluding carboxylic acids is 1. The van der Waals surface area contributed by atoms with Crippen LogP contribution in [-0.2, 0) is 16.0 Å². The fraction of sp³-hybridized carbons (Fsp3) is 0.500. The molecule has 1 aromatic carbocycles. The number of amides is 1. The second-order valence-electron chi connectivity index (χ2n) is 6.17. The molecule has 0 heterocycles. The van der Waals surface area contributed by atoms with E-state index in [0.717, 1.165) is 12.0 Å². The number of rotatable bonds is 6. The Bertz CT molecular complexity index is 496. The molecule has 0 saturated heterocycles. The first kappa shape index (κ1) is 14.6. The minimum atomic E-state index is -0.965. The Labute approximate surface area is 119 Å². The molecular weight excluding hydrogens is 254 g/mol. The molecule has 1 aliphatic carbocycles. The molecule has 20 heavy (non-hydrogen) atoms. The van der Waals surface area contributed by atoms with Gasteiger partial charge in [0.25, 0.3) is 0 Å². The average molecular weight is 275 g/mol. The van der Waals surface area contributed by atoms with Crippen molar-refractivity contribution in [2.45, 2.75) is 39.2 Å². The molecule has 0 spiro atoms. The van der Waals surface area contributed by atoms with Gasteiger partial charge in [0.1, 0.15) is 6.04 Å². The first-order chi connectivity index (χ1) is 9.40. The Morgan fingerprint density at radius 3 is 2.45 bits per heavy atom. The van der Waals surface area contributed by atoms with E-state index in [9.17, 15) is 14.7 Å². The van der Waals surface area contributed by atoms with Gasteiger partial charge in [0.2, 0.25) is 5.91 Å². The summed E-state index contributed by atoms with van der Waals surface area (Å²) in [5.41, 5.74) is 1.10. The Kier molecular flexibility index (Phi) is 4.12. The third-order valence-corrected chi connectivity index (χ3v) is 4.01. The molecule has 0 aromatic heterocycles. The molecule has 2 rings (SSSR count). The summed E-state index contributed by atoms with van der Waals surface area (Å²) in [6.07, 6.45) is 1.90. The van der Waals surface area contributed by atoms with Crippen molar-refractivity contribution in [2.24, 2.45) is 11.3 Å². The molecule has 1 unspecified atom stereocenters. The fourth-order valence-corrected chi connectivity index (χ4v) is 2.40. The van der Waals surface area contributed by atoms with E-state index < -0.39 is 12.0 Å². The van der Waals surface area contributed by atoms with Crippen molar-refractivity contribution in [1.29, 1.82) is 0 Å². The summed E-state index contributed by atoms with van der Waals surface area (Å²) >= 11 is 0. The first-order valence-corrected chi connectivity index (χ1v) is 6.97. The standard InChI is InChI=1S/C16H21NO3/c1-16(2)10-12(16)14(18)17-13(15(19)20)9-8-11-6-4-3-5-7-11/h3-7,12-13H,8-10H2,1-2H3,(H,17,18)(H,19,20)/t12?,13-/m0/s1. The van der Waals surface area contributed by atoms with Crippen LogP contribution in [0.4, 0.5) is 0 Å². The van der Waals surface area contributed by atoms with Gasteiger partial charge in [0.15, 0.2) is 0 Å². The van der Waals surface area contributed by atoms with E-state index in [4.69, 9.17) is 0 Å². The van der Waals surface area contributed by atoms with Crippen molar-refractivity contribution in [3.05, 3.63) is 35.9 Å². The lowest BCUT2D eigenvalue weighted by atomic mass is 10.0. The molecule has 1 amide bonds. The quantitative estimate of drug-likeness (QED) is 0.836. The molecule has 1 aromatic rings. The summed E-state index contributed by atoms with van der Waals surface area (Å²) in [5.74, 6) is -1.13. The molecule has 4 heteroatoms. The van der Waals surface area contributed by atoms with Crippen LogP contribution in [0.25, 0.3) is 0 Å². The maximum Gasteiger partial charge on any atom is 0.326 e. The lowest BCUT2D eigenvalue weighted by Crippen LogP contribution is -2.42. The number of nitrogens with one attached hydrogen (secondary N) is 1. The first-order valence-electron chi connectivity index (χ1n) is 6.97. The van der Waals surface area contributed by atoms with Gasteiger partial charge in [-0.05, 0) is 30.2 Å². The van der Waals surface area contributed by atoms with Gasteiger partial charge in [0.05, 0.1) is 0 Å². The van der Waals surface area contributed by atoms with Crippen LogP contribution < -0.4 is 5.32 Å². The Morgan fingerprint density at radius 1 is 1.35 bits per heavy atom. The van der Waals surface area contributed by atoms with Gasteiger partial charge in [-0.2, -0.15) is 0 Å². The van der Waals surface area contributed by atoms with E-state index in [1.54, 1.807) is 0 Å². The van der Waals surface area contributed by atoms with E-state index in [2.05, 4.69) is 5.32 Å². The summed E-state index contributed by atoms with van der Waals surface area (Å²) in [6, 6.07) is 8.90. The van der Waals surface area contributed by atoms with Gasteiger partial charge in [-0.25, -0.2) is 4.79 Å². The highest BCUT2D eigenvalue weighted by molar-refractivity contribution is 5.87. The second-order valence-corrected chi connectivity index (χ2v) is 6.17. The summed E-state index contributed by atoms with van der Waals surface area (Å²) in [4.78, 5) is 23.2. The monoisotopic (exact) mass is 275 g/mol. The number of hydrogen-bond acceptors (Lipinski definition) is 2. The van der Waals surface area contributed by atoms with Gasteiger partial charge < -0.3 is 10.4 Å². The molecule has 0 bridgehead atoms. The highest BCUT2D eigenvalue weighted by Gasteiger charge is 2.51. The summed E-state index contributed by atoms with van der Waals surface area (Å²) in [7, 11) is 0. The molecule has 1 saturated carbocycles. The SMILES string of the molecule is CC1(C)CC1C(=O)N[C@@H](CCc1ccccc1)C(=O)O. The highest BCUT2D eigenvalue weighted by Crippen LogP contribution is 2.51. The zero-order chi connectivity index (χ0) is 14.8. The lowest BCUT2D eigenvalue weighted by molar-refractivity contribution is -0.142. The molecule has 2 N–H and O–H groups in total. The highest BCUT2D eigenvalue weighted by atomic mass is 16.4. The number of carbonyl (C=O) groups is 2. The molecule has 108 valence electrons. The van der Waals surface area contributed by atoms with Crippen LogP contribution in [-0.4, -0.2) is 23.0 Å². The minimum Gasteiger partial charge on any atom is -0.480 e. The van der Waals surface area contributed by atoms with Crippen molar-refractivity contribution < 1.29 is 14.7 Å². The van der Waals surface area contributed by atoms with Crippen molar-refractivity contribution in [2.75, 3.05) is 0 Å². The second kappa shape index (κ2) is 5.65. The van der Waals surface area contributed by atoms with E-state index in [1.165, 1.54) is 0 Å². The van der Waals surface area contributed by atoms with E-state index >= 15 is 0 Å². The zero-order valence-corrected chi connectivity index (χ0v) is 11.9. The van der Waals surface area contributed by atoms with Crippen LogP contribution in [0.15, 0.2) is 30.3 Å². The third-order valence-electron chi connectivity index (χ3n) is 4.01. The molecule has 4 nitrogen and oxygen atoms in total. The maximum absolute atomic E-state index is 12.0. The normalized spacial score (nSPS) is 21.0. The molecule has 1 fully saturated rings. The van der Waals surface area contributed by atoms with Crippen molar-refractivity contribution >= 4 is 11.9 Å². The molecule has 2 atom stereocenters. The smallest absolute Gasteiger partial charge is 0.326 e. The van der Waals surface area contributed by atoms with E-state index in [0.29, 0.717) is 12.8 Å². The largest absolute Gasteiger partial charge is 0.480 e. The number of carboxylic acid groups (broad SMARTS) is 1. The minimum absolute atomic E-state index is 0.0204. The number of benzene rings is 1. The number of carboxylic acids is 1. The van der Waals surface area contributed by atoms with Crippen LogP contribution in [0.5, 0.6) is 0 Å². The zero-order valence-electron chi connectivity index (χ0n) is 11.9. The predicted octanol–water partition coefficient (Wildman–Crippen LogP) is 2.23. The average Bonchev–Trinajstić information content (AvgIpc) is 3.04.